The molecule has 2 rings (SSSR count). The number of rotatable bonds is 2. The molecule has 0 spiro atoms. The minimum absolute atomic E-state index is 0.118. The molecule has 1 saturated heterocycles. The van der Waals surface area contributed by atoms with Crippen LogP contribution >= 0.6 is 0 Å². The minimum atomic E-state index is -2.44. The molecule has 5 heteroatoms. The fourth-order valence-corrected chi connectivity index (χ4v) is 2.35. The van der Waals surface area contributed by atoms with E-state index in [0.717, 1.165) is 5.56 Å². The first-order chi connectivity index (χ1) is 7.27. The van der Waals surface area contributed by atoms with Crippen molar-refractivity contribution in [3.63, 3.8) is 0 Å². The third-order valence-corrected chi connectivity index (χ3v) is 3.41. The van der Waals surface area contributed by atoms with Crippen LogP contribution in [0, 0.1) is 0 Å². The Morgan fingerprint density at radius 3 is 2.67 bits per heavy atom. The van der Waals surface area contributed by atoms with Gasteiger partial charge in [0, 0.05) is 25.7 Å². The van der Waals surface area contributed by atoms with Crippen molar-refractivity contribution in [3.8, 4) is 0 Å². The highest BCUT2D eigenvalue weighted by Gasteiger charge is 2.21. The van der Waals surface area contributed by atoms with E-state index in [-0.39, 0.29) is 6.04 Å². The summed E-state index contributed by atoms with van der Waals surface area (Å²) in [4.78, 5) is 0. The van der Waals surface area contributed by atoms with Crippen molar-refractivity contribution in [1.29, 1.82) is 0 Å². The van der Waals surface area contributed by atoms with Gasteiger partial charge in [0.25, 0.3) is 0 Å². The zero-order chi connectivity index (χ0) is 10.7. The Kier molecular flexibility index (Phi) is 3.35. The first-order valence-corrected chi connectivity index (χ1v) is 6.08. The van der Waals surface area contributed by atoms with Crippen molar-refractivity contribution in [3.05, 3.63) is 35.9 Å². The Bertz CT molecular complexity index is 384. The van der Waals surface area contributed by atoms with Crippen LogP contribution in [0.1, 0.15) is 11.6 Å². The molecule has 0 radical (unpaired) electrons. The lowest BCUT2D eigenvalue weighted by Gasteiger charge is -2.29. The van der Waals surface area contributed by atoms with E-state index in [4.69, 9.17) is 0 Å². The van der Waals surface area contributed by atoms with Gasteiger partial charge in [-0.2, -0.15) is 0 Å². The highest BCUT2D eigenvalue weighted by Crippen LogP contribution is 2.16. The normalized spacial score (nSPS) is 23.1. The first kappa shape index (κ1) is 10.6. The monoisotopic (exact) mass is 226 g/mol. The number of nitrogens with one attached hydrogen (secondary N) is 1. The molecule has 1 heterocycles. The number of hydrogen-bond donors (Lipinski definition) is 2. The predicted molar refractivity (Wildman–Crippen MR) is 59.1 cm³/mol. The van der Waals surface area contributed by atoms with Crippen LogP contribution in [0.5, 0.6) is 0 Å². The van der Waals surface area contributed by atoms with E-state index < -0.39 is 10.9 Å². The van der Waals surface area contributed by atoms with Gasteiger partial charge in [0.05, 0.1) is 0 Å². The molecule has 0 aromatic heterocycles. The van der Waals surface area contributed by atoms with Gasteiger partial charge in [0.2, 0.25) is 10.9 Å². The molecular weight excluding hydrogens is 212 g/mol. The summed E-state index contributed by atoms with van der Waals surface area (Å²) in [6.07, 6.45) is 0. The van der Waals surface area contributed by atoms with E-state index in [2.05, 4.69) is 5.32 Å². The lowest BCUT2D eigenvalue weighted by atomic mass is 10.1. The smallest absolute Gasteiger partial charge is 0.204 e. The van der Waals surface area contributed by atoms with Crippen LogP contribution in [0.25, 0.3) is 0 Å². The number of nitrogens with zero attached hydrogens (tertiary/aromatic N) is 1. The SMILES string of the molecule is O=[SH](=O)N1CCNC(c2ccccc2)C1. The maximum absolute atomic E-state index is 10.9. The van der Waals surface area contributed by atoms with E-state index in [9.17, 15) is 8.42 Å². The fourth-order valence-electron chi connectivity index (χ4n) is 1.79. The maximum Gasteiger partial charge on any atom is 0.204 e. The van der Waals surface area contributed by atoms with Gasteiger partial charge in [-0.3, -0.25) is 0 Å². The molecule has 1 aromatic carbocycles. The van der Waals surface area contributed by atoms with E-state index in [1.807, 2.05) is 30.3 Å². The Hall–Kier alpha value is -0.910. The zero-order valence-electron chi connectivity index (χ0n) is 8.30. The van der Waals surface area contributed by atoms with Gasteiger partial charge in [0.15, 0.2) is 0 Å². The highest BCUT2D eigenvalue weighted by molar-refractivity contribution is 7.69. The van der Waals surface area contributed by atoms with E-state index in [1.165, 1.54) is 4.31 Å². The summed E-state index contributed by atoms with van der Waals surface area (Å²) in [5.74, 6) is 0. The molecule has 1 aliphatic rings. The minimum Gasteiger partial charge on any atom is -0.308 e. The van der Waals surface area contributed by atoms with Crippen LogP contribution in [0.15, 0.2) is 30.3 Å². The van der Waals surface area contributed by atoms with Crippen LogP contribution in [-0.4, -0.2) is 32.4 Å². The number of hydrogen-bond acceptors (Lipinski definition) is 3. The molecule has 1 fully saturated rings. The molecule has 0 amide bonds. The molecular formula is C10H14N2O2S. The molecule has 1 aliphatic heterocycles. The number of piperazine rings is 1. The zero-order valence-corrected chi connectivity index (χ0v) is 9.19. The summed E-state index contributed by atoms with van der Waals surface area (Å²) >= 11 is 0. The molecule has 1 unspecified atom stereocenters. The Labute approximate surface area is 91.0 Å². The van der Waals surface area contributed by atoms with Gasteiger partial charge < -0.3 is 5.32 Å². The molecule has 15 heavy (non-hydrogen) atoms. The average Bonchev–Trinajstić information content (AvgIpc) is 2.30. The summed E-state index contributed by atoms with van der Waals surface area (Å²) in [7, 11) is -2.44. The van der Waals surface area contributed by atoms with Crippen LogP contribution in [-0.2, 0) is 10.9 Å². The first-order valence-electron chi connectivity index (χ1n) is 4.95. The molecule has 4 nitrogen and oxygen atoms in total. The highest BCUT2D eigenvalue weighted by atomic mass is 32.2. The largest absolute Gasteiger partial charge is 0.308 e. The average molecular weight is 226 g/mol. The summed E-state index contributed by atoms with van der Waals surface area (Å²) in [5, 5.41) is 3.31. The fraction of sp³-hybridized carbons (Fsp3) is 0.400. The Balaban J connectivity index is 2.11. The Morgan fingerprint density at radius 1 is 1.27 bits per heavy atom. The van der Waals surface area contributed by atoms with E-state index in [1.54, 1.807) is 0 Å². The molecule has 1 N–H and O–H groups in total. The van der Waals surface area contributed by atoms with Crippen LogP contribution in [0.2, 0.25) is 0 Å². The van der Waals surface area contributed by atoms with Gasteiger partial charge in [-0.1, -0.05) is 30.3 Å². The van der Waals surface area contributed by atoms with Gasteiger partial charge in [-0.05, 0) is 5.56 Å². The second-order valence-corrected chi connectivity index (χ2v) is 4.61. The maximum atomic E-state index is 10.9. The second kappa shape index (κ2) is 4.74. The quantitative estimate of drug-likeness (QED) is 0.706. The van der Waals surface area contributed by atoms with Gasteiger partial charge in [-0.15, -0.1) is 0 Å². The van der Waals surface area contributed by atoms with E-state index >= 15 is 0 Å². The molecule has 82 valence electrons. The van der Waals surface area contributed by atoms with Gasteiger partial charge in [0.1, 0.15) is 0 Å². The van der Waals surface area contributed by atoms with Crippen molar-refractivity contribution in [2.24, 2.45) is 0 Å². The third-order valence-electron chi connectivity index (χ3n) is 2.59. The summed E-state index contributed by atoms with van der Waals surface area (Å²) in [5.41, 5.74) is 1.14. The number of benzene rings is 1. The van der Waals surface area contributed by atoms with Crippen molar-refractivity contribution < 1.29 is 8.42 Å². The van der Waals surface area contributed by atoms with Crippen LogP contribution in [0.3, 0.4) is 0 Å². The van der Waals surface area contributed by atoms with Crippen molar-refractivity contribution in [1.82, 2.24) is 9.62 Å². The lowest BCUT2D eigenvalue weighted by molar-refractivity contribution is 0.309. The van der Waals surface area contributed by atoms with Gasteiger partial charge >= 0.3 is 0 Å². The second-order valence-electron chi connectivity index (χ2n) is 3.57. The van der Waals surface area contributed by atoms with E-state index in [0.29, 0.717) is 19.6 Å². The van der Waals surface area contributed by atoms with Crippen molar-refractivity contribution in [2.45, 2.75) is 6.04 Å². The standard InChI is InChI=1S/C10H14N2O2S/c13-15(14)12-7-6-11-10(8-12)9-4-2-1-3-5-9/h1-5,10-11,15H,6-8H2. The van der Waals surface area contributed by atoms with Crippen molar-refractivity contribution in [2.75, 3.05) is 19.6 Å². The number of thiol groups is 1. The van der Waals surface area contributed by atoms with Crippen LogP contribution < -0.4 is 5.32 Å². The Morgan fingerprint density at radius 2 is 2.00 bits per heavy atom. The summed E-state index contributed by atoms with van der Waals surface area (Å²) in [6.45, 7) is 1.81. The molecule has 0 aliphatic carbocycles. The van der Waals surface area contributed by atoms with Crippen LogP contribution in [0.4, 0.5) is 0 Å². The molecule has 1 atom stereocenters. The lowest BCUT2D eigenvalue weighted by Crippen LogP contribution is -2.44. The summed E-state index contributed by atoms with van der Waals surface area (Å²) in [6, 6.07) is 10.0. The van der Waals surface area contributed by atoms with Crippen molar-refractivity contribution >= 4 is 10.9 Å². The predicted octanol–water partition coefficient (Wildman–Crippen LogP) is 0.159. The van der Waals surface area contributed by atoms with Gasteiger partial charge in [-0.25, -0.2) is 12.7 Å². The summed E-state index contributed by atoms with van der Waals surface area (Å²) < 4.78 is 23.2. The topological polar surface area (TPSA) is 49.4 Å². The molecule has 0 bridgehead atoms. The molecule has 1 aromatic rings. The third kappa shape index (κ3) is 2.56. The molecule has 0 saturated carbocycles.